The molecule has 0 amide bonds. The monoisotopic (exact) mass is 430 g/mol. The molecular formula is C25H31ClO4. The normalized spacial score (nSPS) is 39.4. The number of ketones is 2. The van der Waals surface area contributed by atoms with E-state index in [0.717, 1.165) is 31.3 Å². The third kappa shape index (κ3) is 3.23. The zero-order valence-electron chi connectivity index (χ0n) is 18.1. The molecular weight excluding hydrogens is 400 g/mol. The first kappa shape index (κ1) is 21.5. The molecule has 4 aliphatic rings. The summed E-state index contributed by atoms with van der Waals surface area (Å²) in [5.41, 5.74) is 2.04. The Morgan fingerprint density at radius 2 is 2.00 bits per heavy atom. The van der Waals surface area contributed by atoms with Crippen LogP contribution in [0.5, 0.6) is 0 Å². The van der Waals surface area contributed by atoms with Gasteiger partial charge in [-0.1, -0.05) is 31.6 Å². The number of hydrogen-bond acceptors (Lipinski definition) is 4. The lowest BCUT2D eigenvalue weighted by atomic mass is 9.50. The summed E-state index contributed by atoms with van der Waals surface area (Å²) in [4.78, 5) is 36.6. The van der Waals surface area contributed by atoms with Gasteiger partial charge in [-0.3, -0.25) is 14.4 Å². The van der Waals surface area contributed by atoms with Crippen molar-refractivity contribution >= 4 is 29.1 Å². The summed E-state index contributed by atoms with van der Waals surface area (Å²) in [5.74, 6) is 0.803. The molecule has 0 aromatic rings. The van der Waals surface area contributed by atoms with Crippen molar-refractivity contribution in [2.45, 2.75) is 52.9 Å². The van der Waals surface area contributed by atoms with Crippen LogP contribution < -0.4 is 0 Å². The Kier molecular flexibility index (Phi) is 5.59. The van der Waals surface area contributed by atoms with Crippen molar-refractivity contribution in [3.8, 4) is 0 Å². The van der Waals surface area contributed by atoms with Gasteiger partial charge < -0.3 is 4.74 Å². The molecule has 0 spiro atoms. The number of carbonyl (C=O) groups excluding carboxylic acids is 3. The molecule has 0 saturated heterocycles. The van der Waals surface area contributed by atoms with Gasteiger partial charge in [-0.2, -0.15) is 0 Å². The predicted octanol–water partition coefficient (Wildman–Crippen LogP) is 4.82. The second kappa shape index (κ2) is 7.78. The Morgan fingerprint density at radius 1 is 1.23 bits per heavy atom. The summed E-state index contributed by atoms with van der Waals surface area (Å²) in [6.45, 7) is 6.55. The summed E-state index contributed by atoms with van der Waals surface area (Å²) < 4.78 is 5.55. The molecule has 5 heteroatoms. The van der Waals surface area contributed by atoms with Crippen LogP contribution in [-0.4, -0.2) is 30.0 Å². The summed E-state index contributed by atoms with van der Waals surface area (Å²) in [6.07, 6.45) is 11.8. The van der Waals surface area contributed by atoms with Gasteiger partial charge in [0.2, 0.25) is 0 Å². The SMILES string of the molecule is CCC(=O)OC[C@H]1C[C@@H]2C(=CC[C@]3(C)[C@@H](C(=O)CCl)CC[C@@H]23)[C@@]2(C)C=CC(=O)C=C12. The largest absolute Gasteiger partial charge is 0.465 e. The molecule has 4 aliphatic carbocycles. The van der Waals surface area contributed by atoms with E-state index in [1.165, 1.54) is 5.57 Å². The molecule has 162 valence electrons. The van der Waals surface area contributed by atoms with Crippen molar-refractivity contribution in [2.75, 3.05) is 12.5 Å². The van der Waals surface area contributed by atoms with Crippen LogP contribution in [0.3, 0.4) is 0 Å². The minimum absolute atomic E-state index is 0.00244. The number of fused-ring (bicyclic) bond motifs is 5. The highest BCUT2D eigenvalue weighted by Crippen LogP contribution is 2.64. The van der Waals surface area contributed by atoms with Crippen LogP contribution in [-0.2, 0) is 19.1 Å². The Hall–Kier alpha value is -1.68. The molecule has 4 nitrogen and oxygen atoms in total. The molecule has 0 heterocycles. The zero-order valence-corrected chi connectivity index (χ0v) is 18.8. The fraction of sp³-hybridized carbons (Fsp3) is 0.640. The maximum Gasteiger partial charge on any atom is 0.305 e. The van der Waals surface area contributed by atoms with E-state index in [0.29, 0.717) is 24.9 Å². The van der Waals surface area contributed by atoms with Crippen LogP contribution in [0.2, 0.25) is 0 Å². The predicted molar refractivity (Wildman–Crippen MR) is 116 cm³/mol. The smallest absolute Gasteiger partial charge is 0.305 e. The number of allylic oxidation sites excluding steroid dienone is 5. The first-order valence-corrected chi connectivity index (χ1v) is 11.7. The van der Waals surface area contributed by atoms with Gasteiger partial charge in [-0.05, 0) is 67.6 Å². The summed E-state index contributed by atoms with van der Waals surface area (Å²) >= 11 is 5.94. The second-order valence-electron chi connectivity index (χ2n) is 9.82. The van der Waals surface area contributed by atoms with Gasteiger partial charge in [0, 0.05) is 23.7 Å². The minimum Gasteiger partial charge on any atom is -0.465 e. The van der Waals surface area contributed by atoms with Gasteiger partial charge in [0.15, 0.2) is 11.6 Å². The van der Waals surface area contributed by atoms with Gasteiger partial charge in [0.05, 0.1) is 12.5 Å². The Morgan fingerprint density at radius 3 is 2.70 bits per heavy atom. The van der Waals surface area contributed by atoms with E-state index >= 15 is 0 Å². The van der Waals surface area contributed by atoms with Crippen LogP contribution in [0, 0.1) is 34.5 Å². The molecule has 2 saturated carbocycles. The van der Waals surface area contributed by atoms with E-state index < -0.39 is 0 Å². The molecule has 0 radical (unpaired) electrons. The Balaban J connectivity index is 1.72. The highest BCUT2D eigenvalue weighted by Gasteiger charge is 2.58. The van der Waals surface area contributed by atoms with E-state index in [1.54, 1.807) is 19.1 Å². The molecule has 2 fully saturated rings. The van der Waals surface area contributed by atoms with Gasteiger partial charge in [-0.25, -0.2) is 0 Å². The highest BCUT2D eigenvalue weighted by atomic mass is 35.5. The van der Waals surface area contributed by atoms with Crippen LogP contribution >= 0.6 is 11.6 Å². The van der Waals surface area contributed by atoms with Crippen molar-refractivity contribution in [1.29, 1.82) is 0 Å². The average Bonchev–Trinajstić information content (AvgIpc) is 3.09. The molecule has 0 bridgehead atoms. The summed E-state index contributed by atoms with van der Waals surface area (Å²) in [7, 11) is 0. The quantitative estimate of drug-likeness (QED) is 0.356. The Labute approximate surface area is 183 Å². The topological polar surface area (TPSA) is 60.4 Å². The molecule has 0 aliphatic heterocycles. The summed E-state index contributed by atoms with van der Waals surface area (Å²) in [6, 6.07) is 0. The molecule has 4 rings (SSSR count). The molecule has 0 N–H and O–H groups in total. The maximum absolute atomic E-state index is 12.6. The number of Topliss-reactive ketones (excluding diaryl/α,β-unsaturated/α-hetero) is 1. The summed E-state index contributed by atoms with van der Waals surface area (Å²) in [5, 5.41) is 0. The van der Waals surface area contributed by atoms with Crippen LogP contribution in [0.1, 0.15) is 52.9 Å². The van der Waals surface area contributed by atoms with Crippen molar-refractivity contribution in [1.82, 2.24) is 0 Å². The molecule has 6 atom stereocenters. The molecule has 0 aromatic carbocycles. The van der Waals surface area contributed by atoms with Gasteiger partial charge in [0.25, 0.3) is 0 Å². The number of ether oxygens (including phenoxy) is 1. The standard InChI is InChI=1S/C25H31ClO4/c1-4-23(29)30-14-15-11-17-18-5-6-20(22(28)13-26)24(18,2)10-8-19(17)25(3)9-7-16(27)12-21(15)25/h7-9,12,15,17-18,20H,4-6,10-11,13-14H2,1-3H3/t15-,17+,18+,20-,24+,25-/m1/s1. The number of esters is 1. The van der Waals surface area contributed by atoms with Gasteiger partial charge in [-0.15, -0.1) is 11.6 Å². The van der Waals surface area contributed by atoms with E-state index in [-0.39, 0.29) is 46.1 Å². The Bertz CT molecular complexity index is 868. The minimum atomic E-state index is -0.323. The van der Waals surface area contributed by atoms with Gasteiger partial charge in [0.1, 0.15) is 0 Å². The highest BCUT2D eigenvalue weighted by molar-refractivity contribution is 6.28. The van der Waals surface area contributed by atoms with Crippen molar-refractivity contribution in [2.24, 2.45) is 34.5 Å². The van der Waals surface area contributed by atoms with Crippen LogP contribution in [0.25, 0.3) is 0 Å². The fourth-order valence-corrected chi connectivity index (χ4v) is 7.00. The number of halogens is 1. The van der Waals surface area contributed by atoms with E-state index in [2.05, 4.69) is 19.9 Å². The molecule has 0 unspecified atom stereocenters. The average molecular weight is 431 g/mol. The molecule has 0 aromatic heterocycles. The number of alkyl halides is 1. The van der Waals surface area contributed by atoms with E-state index in [4.69, 9.17) is 16.3 Å². The lowest BCUT2D eigenvalue weighted by Crippen LogP contribution is -2.47. The number of rotatable bonds is 5. The fourth-order valence-electron chi connectivity index (χ4n) is 6.81. The van der Waals surface area contributed by atoms with Crippen LogP contribution in [0.15, 0.2) is 35.5 Å². The lowest BCUT2D eigenvalue weighted by Gasteiger charge is -2.54. The van der Waals surface area contributed by atoms with Crippen molar-refractivity contribution in [3.63, 3.8) is 0 Å². The third-order valence-corrected chi connectivity index (χ3v) is 8.63. The second-order valence-corrected chi connectivity index (χ2v) is 10.1. The van der Waals surface area contributed by atoms with Crippen molar-refractivity contribution in [3.05, 3.63) is 35.5 Å². The van der Waals surface area contributed by atoms with E-state index in [9.17, 15) is 14.4 Å². The maximum atomic E-state index is 12.6. The number of carbonyl (C=O) groups is 3. The third-order valence-electron chi connectivity index (χ3n) is 8.37. The van der Waals surface area contributed by atoms with Gasteiger partial charge >= 0.3 is 5.97 Å². The van der Waals surface area contributed by atoms with Crippen LogP contribution in [0.4, 0.5) is 0 Å². The van der Waals surface area contributed by atoms with Crippen molar-refractivity contribution < 1.29 is 19.1 Å². The lowest BCUT2D eigenvalue weighted by molar-refractivity contribution is -0.144. The zero-order chi connectivity index (χ0) is 21.7. The molecule has 30 heavy (non-hydrogen) atoms. The first-order chi connectivity index (χ1) is 14.2. The number of hydrogen-bond donors (Lipinski definition) is 0. The first-order valence-electron chi connectivity index (χ1n) is 11.1. The van der Waals surface area contributed by atoms with E-state index in [1.807, 2.05) is 6.08 Å².